The van der Waals surface area contributed by atoms with Crippen LogP contribution in [0.2, 0.25) is 0 Å². The summed E-state index contributed by atoms with van der Waals surface area (Å²) in [5.74, 6) is 2.77. The summed E-state index contributed by atoms with van der Waals surface area (Å²) in [6, 6.07) is 23.1. The first-order chi connectivity index (χ1) is 17.6. The van der Waals surface area contributed by atoms with Gasteiger partial charge in [-0.15, -0.1) is 6.58 Å². The lowest BCUT2D eigenvalue weighted by Gasteiger charge is -2.16. The Hall–Kier alpha value is -3.77. The van der Waals surface area contributed by atoms with Crippen molar-refractivity contribution in [3.63, 3.8) is 0 Å². The van der Waals surface area contributed by atoms with E-state index in [0.29, 0.717) is 32.7 Å². The molecule has 0 aliphatic heterocycles. The molecule has 0 N–H and O–H groups in total. The number of carbonyl (C=O) groups is 1. The van der Waals surface area contributed by atoms with Crippen LogP contribution in [0, 0.1) is 0 Å². The lowest BCUT2D eigenvalue weighted by molar-refractivity contribution is -0.154. The molecule has 1 unspecified atom stereocenters. The number of benzene rings is 3. The van der Waals surface area contributed by atoms with Gasteiger partial charge in [0.15, 0.2) is 6.10 Å². The van der Waals surface area contributed by atoms with E-state index in [-0.39, 0.29) is 5.97 Å². The predicted octanol–water partition coefficient (Wildman–Crippen LogP) is 6.18. The lowest BCUT2D eigenvalue weighted by Crippen LogP contribution is -2.27. The zero-order valence-corrected chi connectivity index (χ0v) is 21.0. The Morgan fingerprint density at radius 1 is 0.917 bits per heavy atom. The maximum atomic E-state index is 12.0. The molecule has 3 aromatic rings. The number of ether oxygens (including phenoxy) is 5. The minimum Gasteiger partial charge on any atom is -0.493 e. The minimum absolute atomic E-state index is 0.324. The van der Waals surface area contributed by atoms with E-state index in [9.17, 15) is 4.79 Å². The Kier molecular flexibility index (Phi) is 10.9. The van der Waals surface area contributed by atoms with Crippen LogP contribution in [0.3, 0.4) is 0 Å². The summed E-state index contributed by atoms with van der Waals surface area (Å²) in [5, 5.41) is 0. The van der Waals surface area contributed by atoms with Crippen LogP contribution in [0.15, 0.2) is 85.5 Å². The Labute approximate surface area is 213 Å². The van der Waals surface area contributed by atoms with Gasteiger partial charge in [-0.25, -0.2) is 4.79 Å². The predicted molar refractivity (Wildman–Crippen MR) is 140 cm³/mol. The molecule has 0 saturated carbocycles. The van der Waals surface area contributed by atoms with Gasteiger partial charge in [-0.05, 0) is 66.9 Å². The fourth-order valence-corrected chi connectivity index (χ4v) is 3.59. The highest BCUT2D eigenvalue weighted by molar-refractivity contribution is 5.75. The average molecular weight is 491 g/mol. The zero-order valence-electron chi connectivity index (χ0n) is 21.0. The van der Waals surface area contributed by atoms with Gasteiger partial charge in [-0.2, -0.15) is 0 Å². The molecule has 0 aromatic heterocycles. The van der Waals surface area contributed by atoms with Crippen molar-refractivity contribution in [2.45, 2.75) is 32.3 Å². The second kappa shape index (κ2) is 14.6. The van der Waals surface area contributed by atoms with Crippen LogP contribution in [0.25, 0.3) is 0 Å². The van der Waals surface area contributed by atoms with Gasteiger partial charge in [-0.1, -0.05) is 36.4 Å². The van der Waals surface area contributed by atoms with Gasteiger partial charge < -0.3 is 23.7 Å². The second-order valence-corrected chi connectivity index (χ2v) is 8.05. The largest absolute Gasteiger partial charge is 0.493 e. The maximum Gasteiger partial charge on any atom is 0.335 e. The monoisotopic (exact) mass is 490 g/mol. The van der Waals surface area contributed by atoms with Gasteiger partial charge in [-0.3, -0.25) is 0 Å². The lowest BCUT2D eigenvalue weighted by atomic mass is 10.0. The summed E-state index contributed by atoms with van der Waals surface area (Å²) in [6.45, 7) is 7.00. The highest BCUT2D eigenvalue weighted by Crippen LogP contribution is 2.25. The van der Waals surface area contributed by atoms with E-state index >= 15 is 0 Å². The van der Waals surface area contributed by atoms with Gasteiger partial charge in [0.1, 0.15) is 23.0 Å². The van der Waals surface area contributed by atoms with Gasteiger partial charge in [0.2, 0.25) is 0 Å². The molecule has 0 spiro atoms. The molecular weight excluding hydrogens is 456 g/mol. The molecule has 0 fully saturated rings. The fourth-order valence-electron chi connectivity index (χ4n) is 3.59. The van der Waals surface area contributed by atoms with Gasteiger partial charge >= 0.3 is 5.97 Å². The van der Waals surface area contributed by atoms with E-state index in [1.54, 1.807) is 6.92 Å². The van der Waals surface area contributed by atoms with Crippen molar-refractivity contribution in [1.82, 2.24) is 0 Å². The molecule has 0 aliphatic rings. The third kappa shape index (κ3) is 8.47. The molecule has 0 bridgehead atoms. The fraction of sp³-hybridized carbons (Fsp3) is 0.300. The topological polar surface area (TPSA) is 63.2 Å². The zero-order chi connectivity index (χ0) is 25.6. The second-order valence-electron chi connectivity index (χ2n) is 8.05. The molecule has 3 rings (SSSR count). The molecule has 190 valence electrons. The van der Waals surface area contributed by atoms with Crippen molar-refractivity contribution in [1.29, 1.82) is 0 Å². The van der Waals surface area contributed by atoms with E-state index < -0.39 is 6.10 Å². The Bertz CT molecular complexity index is 1080. The molecule has 0 saturated heterocycles. The molecule has 1 atom stereocenters. The highest BCUT2D eigenvalue weighted by Gasteiger charge is 2.20. The number of carbonyl (C=O) groups excluding carboxylic acids is 1. The van der Waals surface area contributed by atoms with Crippen molar-refractivity contribution in [3.05, 3.63) is 96.6 Å². The molecule has 0 heterocycles. The van der Waals surface area contributed by atoms with Crippen LogP contribution in [-0.4, -0.2) is 39.0 Å². The Morgan fingerprint density at radius 2 is 1.61 bits per heavy atom. The van der Waals surface area contributed by atoms with Gasteiger partial charge in [0.05, 0.1) is 19.8 Å². The molecule has 0 amide bonds. The number of hydrogen-bond acceptors (Lipinski definition) is 6. The highest BCUT2D eigenvalue weighted by atomic mass is 16.6. The first kappa shape index (κ1) is 26.8. The molecule has 0 radical (unpaired) electrons. The van der Waals surface area contributed by atoms with Crippen LogP contribution >= 0.6 is 0 Å². The summed E-state index contributed by atoms with van der Waals surface area (Å²) in [7, 11) is 1.51. The number of methoxy groups -OCH3 is 1. The van der Waals surface area contributed by atoms with Crippen molar-refractivity contribution in [3.8, 4) is 23.0 Å². The third-order valence-electron chi connectivity index (χ3n) is 5.36. The average Bonchev–Trinajstić information content (AvgIpc) is 2.90. The van der Waals surface area contributed by atoms with Crippen molar-refractivity contribution >= 4 is 5.97 Å². The van der Waals surface area contributed by atoms with E-state index in [0.717, 1.165) is 40.5 Å². The molecular formula is C30H34O6. The third-order valence-corrected chi connectivity index (χ3v) is 5.36. The minimum atomic E-state index is -0.635. The van der Waals surface area contributed by atoms with E-state index in [2.05, 4.69) is 6.58 Å². The van der Waals surface area contributed by atoms with E-state index in [1.807, 2.05) is 78.9 Å². The van der Waals surface area contributed by atoms with Crippen LogP contribution in [-0.2, 0) is 27.1 Å². The summed E-state index contributed by atoms with van der Waals surface area (Å²) >= 11 is 0. The quantitative estimate of drug-likeness (QED) is 0.144. The standard InChI is InChI=1S/C30H34O6/c1-4-10-24-21-23(22-29(32-3)30(31)33-5-2)13-18-28(24)35-20-9-19-34-25-14-16-27(17-15-25)36-26-11-7-6-8-12-26/h4,6-8,11-18,21,29H,1,5,9-10,19-20,22H2,2-3H3. The summed E-state index contributed by atoms with van der Waals surface area (Å²) in [6.07, 6.45) is 3.02. The Morgan fingerprint density at radius 3 is 2.31 bits per heavy atom. The van der Waals surface area contributed by atoms with Crippen molar-refractivity contribution < 1.29 is 28.5 Å². The normalized spacial score (nSPS) is 11.4. The van der Waals surface area contributed by atoms with Gasteiger partial charge in [0.25, 0.3) is 0 Å². The number of rotatable bonds is 15. The van der Waals surface area contributed by atoms with Crippen LogP contribution < -0.4 is 14.2 Å². The van der Waals surface area contributed by atoms with Crippen LogP contribution in [0.4, 0.5) is 0 Å². The summed E-state index contributed by atoms with van der Waals surface area (Å²) in [5.41, 5.74) is 1.98. The van der Waals surface area contributed by atoms with Crippen LogP contribution in [0.5, 0.6) is 23.0 Å². The molecule has 6 heteroatoms. The number of para-hydroxylation sites is 1. The smallest absolute Gasteiger partial charge is 0.335 e. The van der Waals surface area contributed by atoms with Crippen molar-refractivity contribution in [2.24, 2.45) is 0 Å². The van der Waals surface area contributed by atoms with E-state index in [1.165, 1.54) is 7.11 Å². The summed E-state index contributed by atoms with van der Waals surface area (Å²) in [4.78, 5) is 12.0. The first-order valence-corrected chi connectivity index (χ1v) is 12.1. The number of esters is 1. The Balaban J connectivity index is 1.46. The molecule has 6 nitrogen and oxygen atoms in total. The van der Waals surface area contributed by atoms with Crippen LogP contribution in [0.1, 0.15) is 24.5 Å². The van der Waals surface area contributed by atoms with Crippen molar-refractivity contribution in [2.75, 3.05) is 26.9 Å². The summed E-state index contributed by atoms with van der Waals surface area (Å²) < 4.78 is 28.0. The SMILES string of the molecule is C=CCc1cc(CC(OC)C(=O)OCC)ccc1OCCCOc1ccc(Oc2ccccc2)cc1. The maximum absolute atomic E-state index is 12.0. The molecule has 36 heavy (non-hydrogen) atoms. The number of allylic oxidation sites excluding steroid dienone is 1. The first-order valence-electron chi connectivity index (χ1n) is 12.1. The van der Waals surface area contributed by atoms with Gasteiger partial charge in [0, 0.05) is 20.0 Å². The van der Waals surface area contributed by atoms with E-state index in [4.69, 9.17) is 23.7 Å². The molecule has 0 aliphatic carbocycles. The molecule has 3 aromatic carbocycles. The number of hydrogen-bond donors (Lipinski definition) is 0.